The molecule has 1 amide bonds. The van der Waals surface area contributed by atoms with E-state index in [1.165, 1.54) is 17.1 Å². The molecule has 2 heterocycles. The molecule has 10 nitrogen and oxygen atoms in total. The normalized spacial score (nSPS) is 10.5. The first-order valence-electron chi connectivity index (χ1n) is 6.98. The summed E-state index contributed by atoms with van der Waals surface area (Å²) in [5, 5.41) is 21.4. The Bertz CT molecular complexity index is 809. The highest BCUT2D eigenvalue weighted by Gasteiger charge is 2.28. The second kappa shape index (κ2) is 9.17. The number of nitrogens with zero attached hydrogens (tertiary/aromatic N) is 4. The van der Waals surface area contributed by atoms with Crippen LogP contribution in [0.15, 0.2) is 30.9 Å². The van der Waals surface area contributed by atoms with Crippen molar-refractivity contribution in [3.05, 3.63) is 36.5 Å². The molecule has 0 aliphatic carbocycles. The molecule has 0 saturated heterocycles. The number of hydrogen-bond donors (Lipinski definition) is 2. The van der Waals surface area contributed by atoms with Gasteiger partial charge in [0.15, 0.2) is 12.7 Å². The molecule has 144 valence electrons. The Morgan fingerprint density at radius 1 is 1.19 bits per heavy atom. The van der Waals surface area contributed by atoms with Gasteiger partial charge in [-0.2, -0.15) is 13.2 Å². The number of aryl methyl sites for hydroxylation is 1. The van der Waals surface area contributed by atoms with E-state index in [9.17, 15) is 22.8 Å². The van der Waals surface area contributed by atoms with Gasteiger partial charge in [0.2, 0.25) is 0 Å². The molecular formula is C14H12F3N5O5. The molecular weight excluding hydrogens is 375 g/mol. The Hall–Kier alpha value is -3.64. The monoisotopic (exact) mass is 387 g/mol. The van der Waals surface area contributed by atoms with E-state index in [1.54, 1.807) is 18.5 Å². The van der Waals surface area contributed by atoms with Gasteiger partial charge in [-0.1, -0.05) is 4.68 Å². The predicted molar refractivity (Wildman–Crippen MR) is 77.3 cm³/mol. The number of carbonyl (C=O) groups is 3. The number of carbonyl (C=O) groups excluding carboxylic acids is 2. The molecule has 0 spiro atoms. The molecule has 0 radical (unpaired) electrons. The largest absolute Gasteiger partial charge is 0.542 e. The third-order valence-electron chi connectivity index (χ3n) is 2.76. The molecule has 27 heavy (non-hydrogen) atoms. The van der Waals surface area contributed by atoms with Gasteiger partial charge in [-0.3, -0.25) is 14.6 Å². The van der Waals surface area contributed by atoms with Gasteiger partial charge in [0.1, 0.15) is 24.3 Å². The fourth-order valence-electron chi connectivity index (χ4n) is 1.48. The fourth-order valence-corrected chi connectivity index (χ4v) is 1.48. The lowest BCUT2D eigenvalue weighted by Gasteiger charge is -2.03. The summed E-state index contributed by atoms with van der Waals surface area (Å²) in [6.45, 7) is 0.294. The lowest BCUT2D eigenvalue weighted by molar-refractivity contribution is -0.752. The van der Waals surface area contributed by atoms with Crippen molar-refractivity contribution < 1.29 is 42.4 Å². The van der Waals surface area contributed by atoms with E-state index in [0.717, 1.165) is 0 Å². The third kappa shape index (κ3) is 7.41. The molecule has 0 fully saturated rings. The fraction of sp³-hybridized carbons (Fsp3) is 0.214. The summed E-state index contributed by atoms with van der Waals surface area (Å²) in [5.41, 5.74) is 6.42. The Balaban J connectivity index is 0.000000445. The Morgan fingerprint density at radius 2 is 1.81 bits per heavy atom. The summed E-state index contributed by atoms with van der Waals surface area (Å²) < 4.78 is 33.1. The topological polar surface area (TPSA) is 163 Å². The van der Waals surface area contributed by atoms with Gasteiger partial charge in [-0.15, -0.1) is 0 Å². The van der Waals surface area contributed by atoms with Crippen LogP contribution in [0.3, 0.4) is 0 Å². The number of aliphatic carboxylic acids is 2. The quantitative estimate of drug-likeness (QED) is 0.598. The number of rotatable bonds is 5. The Labute approximate surface area is 149 Å². The van der Waals surface area contributed by atoms with Crippen LogP contribution in [0.25, 0.3) is 11.3 Å². The van der Waals surface area contributed by atoms with Crippen molar-refractivity contribution >= 4 is 17.8 Å². The molecule has 0 aliphatic rings. The number of alkyl halides is 3. The van der Waals surface area contributed by atoms with Crippen molar-refractivity contribution in [2.75, 3.05) is 0 Å². The zero-order valence-corrected chi connectivity index (χ0v) is 13.4. The van der Waals surface area contributed by atoms with E-state index in [0.29, 0.717) is 17.8 Å². The average molecular weight is 387 g/mol. The minimum atomic E-state index is -5.19. The van der Waals surface area contributed by atoms with Crippen LogP contribution >= 0.6 is 0 Å². The molecule has 2 aromatic rings. The highest BCUT2D eigenvalue weighted by molar-refractivity contribution is 5.90. The van der Waals surface area contributed by atoms with Crippen LogP contribution < -0.4 is 15.5 Å². The summed E-state index contributed by atoms with van der Waals surface area (Å²) in [5.74, 6) is -4.52. The SMILES string of the molecule is NC(=O)c1cnc(-c2cc[n+](CCC(=O)O)nc2)cn1.O=C([O-])C(F)(F)F. The van der Waals surface area contributed by atoms with E-state index in [-0.39, 0.29) is 12.1 Å². The molecule has 0 aliphatic heterocycles. The van der Waals surface area contributed by atoms with E-state index in [4.69, 9.17) is 20.7 Å². The maximum Gasteiger partial charge on any atom is 0.430 e. The third-order valence-corrected chi connectivity index (χ3v) is 2.76. The van der Waals surface area contributed by atoms with Crippen molar-refractivity contribution in [1.29, 1.82) is 0 Å². The Kier molecular flexibility index (Phi) is 7.27. The molecule has 0 unspecified atom stereocenters. The van der Waals surface area contributed by atoms with Gasteiger partial charge < -0.3 is 20.7 Å². The molecule has 0 saturated carbocycles. The second-order valence-corrected chi connectivity index (χ2v) is 4.76. The first-order valence-corrected chi connectivity index (χ1v) is 6.98. The van der Waals surface area contributed by atoms with Gasteiger partial charge in [0, 0.05) is 11.6 Å². The zero-order valence-electron chi connectivity index (χ0n) is 13.4. The highest BCUT2D eigenvalue weighted by Crippen LogP contribution is 2.12. The molecule has 0 atom stereocenters. The van der Waals surface area contributed by atoms with Crippen molar-refractivity contribution in [3.8, 4) is 11.3 Å². The van der Waals surface area contributed by atoms with Crippen LogP contribution in [0, 0.1) is 0 Å². The van der Waals surface area contributed by atoms with Crippen LogP contribution in [0.4, 0.5) is 13.2 Å². The average Bonchev–Trinajstić information content (AvgIpc) is 2.60. The minimum Gasteiger partial charge on any atom is -0.542 e. The zero-order chi connectivity index (χ0) is 20.6. The first kappa shape index (κ1) is 21.4. The summed E-state index contributed by atoms with van der Waals surface area (Å²) in [6.07, 6.45) is 0.740. The van der Waals surface area contributed by atoms with Gasteiger partial charge in [0.05, 0.1) is 18.1 Å². The van der Waals surface area contributed by atoms with Crippen LogP contribution in [0.5, 0.6) is 0 Å². The van der Waals surface area contributed by atoms with Crippen molar-refractivity contribution in [1.82, 2.24) is 15.1 Å². The lowest BCUT2D eigenvalue weighted by Crippen LogP contribution is -2.38. The Morgan fingerprint density at radius 3 is 2.19 bits per heavy atom. The van der Waals surface area contributed by atoms with Gasteiger partial charge in [0.25, 0.3) is 5.91 Å². The molecule has 0 bridgehead atoms. The number of hydrogen-bond acceptors (Lipinski definition) is 7. The van der Waals surface area contributed by atoms with E-state index in [2.05, 4.69) is 15.1 Å². The predicted octanol–water partition coefficient (Wildman–Crippen LogP) is -1.30. The highest BCUT2D eigenvalue weighted by atomic mass is 19.4. The number of aromatic nitrogens is 4. The number of primary amides is 1. The van der Waals surface area contributed by atoms with Crippen LogP contribution in [0.1, 0.15) is 16.9 Å². The minimum absolute atomic E-state index is 0.00409. The molecule has 13 heteroatoms. The van der Waals surface area contributed by atoms with E-state index in [1.807, 2.05) is 0 Å². The van der Waals surface area contributed by atoms with E-state index >= 15 is 0 Å². The number of halogens is 3. The van der Waals surface area contributed by atoms with Gasteiger partial charge in [-0.25, -0.2) is 4.98 Å². The van der Waals surface area contributed by atoms with Crippen LogP contribution in [0.2, 0.25) is 0 Å². The number of amides is 1. The van der Waals surface area contributed by atoms with Gasteiger partial charge >= 0.3 is 12.1 Å². The van der Waals surface area contributed by atoms with Crippen molar-refractivity contribution in [2.45, 2.75) is 19.1 Å². The summed E-state index contributed by atoms with van der Waals surface area (Å²) in [6, 6.07) is 1.74. The lowest BCUT2D eigenvalue weighted by atomic mass is 10.2. The standard InChI is InChI=1S/C12H11N5O3.C2HF3O2/c13-12(20)10-7-14-9(6-15-10)8-1-3-17(16-5-8)4-2-11(18)19;3-2(4,5)1(6)7/h1,3,5-7H,2,4H2,(H2-,13,18,19,20);(H,6,7). The summed E-state index contributed by atoms with van der Waals surface area (Å²) >= 11 is 0. The summed E-state index contributed by atoms with van der Waals surface area (Å²) in [7, 11) is 0. The second-order valence-electron chi connectivity index (χ2n) is 4.76. The maximum absolute atomic E-state index is 10.9. The first-order chi connectivity index (χ1) is 12.5. The van der Waals surface area contributed by atoms with Crippen LogP contribution in [-0.4, -0.2) is 44.2 Å². The van der Waals surface area contributed by atoms with Crippen molar-refractivity contribution in [2.24, 2.45) is 5.73 Å². The maximum atomic E-state index is 10.9. The molecule has 2 rings (SSSR count). The number of carboxylic acids is 2. The summed E-state index contributed by atoms with van der Waals surface area (Å²) in [4.78, 5) is 38.1. The molecule has 2 aromatic heterocycles. The van der Waals surface area contributed by atoms with Crippen LogP contribution in [-0.2, 0) is 16.1 Å². The number of nitrogens with two attached hydrogens (primary N) is 1. The molecule has 0 aromatic carbocycles. The van der Waals surface area contributed by atoms with Gasteiger partial charge in [-0.05, 0) is 5.10 Å². The molecule has 3 N–H and O–H groups in total. The van der Waals surface area contributed by atoms with Crippen molar-refractivity contribution in [3.63, 3.8) is 0 Å². The van der Waals surface area contributed by atoms with E-state index < -0.39 is 24.0 Å². The number of carboxylic acid groups (broad SMARTS) is 2. The smallest absolute Gasteiger partial charge is 0.430 e.